The van der Waals surface area contributed by atoms with E-state index in [2.05, 4.69) is 4.98 Å². The SMILES string of the molecule is COc1ccc2c(c1)Oc1nc(N)c(C#N)c(N)c1C2c1cc(OC)ccc1OC. The third-order valence-electron chi connectivity index (χ3n) is 5.15. The van der Waals surface area contributed by atoms with Crippen molar-refractivity contribution in [3.8, 4) is 34.9 Å². The van der Waals surface area contributed by atoms with Crippen molar-refractivity contribution in [3.05, 3.63) is 58.7 Å². The van der Waals surface area contributed by atoms with Crippen molar-refractivity contribution < 1.29 is 18.9 Å². The largest absolute Gasteiger partial charge is 0.497 e. The number of pyridine rings is 1. The summed E-state index contributed by atoms with van der Waals surface area (Å²) in [5.74, 6) is 2.27. The lowest BCUT2D eigenvalue weighted by Crippen LogP contribution is -2.18. The van der Waals surface area contributed by atoms with Crippen LogP contribution in [0, 0.1) is 11.3 Å². The van der Waals surface area contributed by atoms with Gasteiger partial charge in [0.15, 0.2) is 0 Å². The second kappa shape index (κ2) is 7.37. The summed E-state index contributed by atoms with van der Waals surface area (Å²) in [4.78, 5) is 4.31. The minimum absolute atomic E-state index is 0.0106. The zero-order valence-corrected chi connectivity index (χ0v) is 16.7. The lowest BCUT2D eigenvalue weighted by atomic mass is 9.81. The van der Waals surface area contributed by atoms with E-state index < -0.39 is 5.92 Å². The number of nitrogens with two attached hydrogens (primary N) is 2. The van der Waals surface area contributed by atoms with E-state index in [1.54, 1.807) is 27.4 Å². The van der Waals surface area contributed by atoms with E-state index in [0.717, 1.165) is 11.1 Å². The summed E-state index contributed by atoms with van der Waals surface area (Å²) in [5, 5.41) is 9.55. The van der Waals surface area contributed by atoms with Crippen molar-refractivity contribution in [1.82, 2.24) is 4.98 Å². The van der Waals surface area contributed by atoms with Crippen LogP contribution in [-0.4, -0.2) is 26.3 Å². The van der Waals surface area contributed by atoms with E-state index in [4.69, 9.17) is 30.4 Å². The average Bonchev–Trinajstić information content (AvgIpc) is 2.77. The highest BCUT2D eigenvalue weighted by Crippen LogP contribution is 2.52. The Morgan fingerprint density at radius 2 is 1.67 bits per heavy atom. The molecule has 0 amide bonds. The minimum atomic E-state index is -0.431. The van der Waals surface area contributed by atoms with Crippen LogP contribution in [0.15, 0.2) is 36.4 Å². The van der Waals surface area contributed by atoms with Gasteiger partial charge in [-0.2, -0.15) is 10.2 Å². The third kappa shape index (κ3) is 2.88. The zero-order valence-electron chi connectivity index (χ0n) is 16.7. The van der Waals surface area contributed by atoms with Gasteiger partial charge in [-0.05, 0) is 24.3 Å². The van der Waals surface area contributed by atoms with Gasteiger partial charge < -0.3 is 30.4 Å². The van der Waals surface area contributed by atoms with E-state index >= 15 is 0 Å². The Morgan fingerprint density at radius 1 is 0.967 bits per heavy atom. The van der Waals surface area contributed by atoms with Crippen molar-refractivity contribution in [3.63, 3.8) is 0 Å². The molecule has 4 rings (SSSR count). The fourth-order valence-corrected chi connectivity index (χ4v) is 3.70. The van der Waals surface area contributed by atoms with Crippen LogP contribution in [0.5, 0.6) is 28.9 Å². The van der Waals surface area contributed by atoms with Crippen molar-refractivity contribution in [2.24, 2.45) is 0 Å². The lowest BCUT2D eigenvalue weighted by Gasteiger charge is -2.30. The highest BCUT2D eigenvalue weighted by atomic mass is 16.5. The van der Waals surface area contributed by atoms with Gasteiger partial charge in [0.1, 0.15) is 40.4 Å². The van der Waals surface area contributed by atoms with Gasteiger partial charge in [-0.3, -0.25) is 0 Å². The number of hydrogen-bond acceptors (Lipinski definition) is 8. The molecule has 1 unspecified atom stereocenters. The van der Waals surface area contributed by atoms with E-state index in [1.165, 1.54) is 0 Å². The lowest BCUT2D eigenvalue weighted by molar-refractivity contribution is 0.391. The van der Waals surface area contributed by atoms with E-state index in [1.807, 2.05) is 36.4 Å². The van der Waals surface area contributed by atoms with Crippen LogP contribution in [0.1, 0.15) is 28.2 Å². The maximum absolute atomic E-state index is 9.55. The topological polar surface area (TPSA) is 126 Å². The standard InChI is InChI=1S/C22H20N4O4/c1-27-11-5-7-16(29-3)14(8-11)18-13-6-4-12(28-2)9-17(13)30-22-19(18)20(24)15(10-23)21(25)26-22/h4-9,18H,1-3H3,(H4,24,25,26). The second-order valence-electron chi connectivity index (χ2n) is 6.66. The van der Waals surface area contributed by atoms with Gasteiger partial charge in [-0.1, -0.05) is 6.07 Å². The molecule has 0 radical (unpaired) electrons. The van der Waals surface area contributed by atoms with Gasteiger partial charge >= 0.3 is 0 Å². The molecule has 0 spiro atoms. The van der Waals surface area contributed by atoms with Gasteiger partial charge in [0, 0.05) is 23.1 Å². The van der Waals surface area contributed by atoms with Crippen LogP contribution in [0.3, 0.4) is 0 Å². The first-order chi connectivity index (χ1) is 14.5. The molecule has 0 saturated heterocycles. The predicted molar refractivity (Wildman–Crippen MR) is 111 cm³/mol. The van der Waals surface area contributed by atoms with Crippen molar-refractivity contribution >= 4 is 11.5 Å². The molecular formula is C22H20N4O4. The molecule has 0 bridgehead atoms. The molecule has 1 aliphatic rings. The predicted octanol–water partition coefficient (Wildman–Crippen LogP) is 3.43. The van der Waals surface area contributed by atoms with E-state index in [-0.39, 0.29) is 22.9 Å². The molecule has 2 aromatic carbocycles. The summed E-state index contributed by atoms with van der Waals surface area (Å²) >= 11 is 0. The summed E-state index contributed by atoms with van der Waals surface area (Å²) in [6.07, 6.45) is 0. The average molecular weight is 404 g/mol. The number of ether oxygens (including phenoxy) is 4. The van der Waals surface area contributed by atoms with Crippen LogP contribution in [0.4, 0.5) is 11.5 Å². The summed E-state index contributed by atoms with van der Waals surface area (Å²) in [5.41, 5.74) is 14.8. The van der Waals surface area contributed by atoms with Gasteiger partial charge in [0.25, 0.3) is 0 Å². The number of fused-ring (bicyclic) bond motifs is 2. The number of nitriles is 1. The molecule has 1 aliphatic heterocycles. The number of benzene rings is 2. The number of nitrogens with zero attached hydrogens (tertiary/aromatic N) is 2. The molecule has 152 valence electrons. The van der Waals surface area contributed by atoms with Crippen molar-refractivity contribution in [1.29, 1.82) is 5.26 Å². The fraction of sp³-hybridized carbons (Fsp3) is 0.182. The third-order valence-corrected chi connectivity index (χ3v) is 5.15. The molecule has 0 fully saturated rings. The molecule has 3 aromatic rings. The molecule has 4 N–H and O–H groups in total. The van der Waals surface area contributed by atoms with Crippen LogP contribution in [0.2, 0.25) is 0 Å². The first-order valence-electron chi connectivity index (χ1n) is 9.09. The number of nitrogen functional groups attached to an aromatic ring is 2. The Bertz CT molecular complexity index is 1190. The zero-order chi connectivity index (χ0) is 21.4. The molecule has 1 aromatic heterocycles. The maximum atomic E-state index is 9.55. The Hall–Kier alpha value is -4.12. The summed E-state index contributed by atoms with van der Waals surface area (Å²) in [6, 6.07) is 13.0. The fourth-order valence-electron chi connectivity index (χ4n) is 3.70. The number of rotatable bonds is 4. The summed E-state index contributed by atoms with van der Waals surface area (Å²) in [6.45, 7) is 0. The second-order valence-corrected chi connectivity index (χ2v) is 6.66. The number of aromatic nitrogens is 1. The molecule has 0 saturated carbocycles. The molecule has 8 heteroatoms. The quantitative estimate of drug-likeness (QED) is 0.530. The Morgan fingerprint density at radius 3 is 2.33 bits per heavy atom. The molecule has 8 nitrogen and oxygen atoms in total. The summed E-state index contributed by atoms with van der Waals surface area (Å²) in [7, 11) is 4.76. The van der Waals surface area contributed by atoms with Crippen molar-refractivity contribution in [2.45, 2.75) is 5.92 Å². The molecule has 2 heterocycles. The smallest absolute Gasteiger partial charge is 0.227 e. The Kier molecular flexibility index (Phi) is 4.72. The van der Waals surface area contributed by atoms with Gasteiger partial charge in [0.2, 0.25) is 5.88 Å². The minimum Gasteiger partial charge on any atom is -0.497 e. The van der Waals surface area contributed by atoms with Gasteiger partial charge in [-0.25, -0.2) is 0 Å². The van der Waals surface area contributed by atoms with E-state index in [0.29, 0.717) is 28.6 Å². The first-order valence-corrected chi connectivity index (χ1v) is 9.09. The first kappa shape index (κ1) is 19.2. The molecule has 30 heavy (non-hydrogen) atoms. The highest BCUT2D eigenvalue weighted by Gasteiger charge is 2.35. The van der Waals surface area contributed by atoms with E-state index in [9.17, 15) is 5.26 Å². The normalized spacial score (nSPS) is 14.0. The Balaban J connectivity index is 2.07. The van der Waals surface area contributed by atoms with Crippen LogP contribution in [0.25, 0.3) is 0 Å². The summed E-state index contributed by atoms with van der Waals surface area (Å²) < 4.78 is 22.4. The molecular weight excluding hydrogens is 384 g/mol. The monoisotopic (exact) mass is 404 g/mol. The molecule has 0 aliphatic carbocycles. The number of hydrogen-bond donors (Lipinski definition) is 2. The van der Waals surface area contributed by atoms with Crippen LogP contribution < -0.4 is 30.4 Å². The maximum Gasteiger partial charge on any atom is 0.227 e. The highest BCUT2D eigenvalue weighted by molar-refractivity contribution is 5.76. The number of methoxy groups -OCH3 is 3. The van der Waals surface area contributed by atoms with Crippen LogP contribution in [-0.2, 0) is 0 Å². The number of anilines is 2. The van der Waals surface area contributed by atoms with Crippen LogP contribution >= 0.6 is 0 Å². The Labute approximate surface area is 173 Å². The van der Waals surface area contributed by atoms with Gasteiger partial charge in [-0.15, -0.1) is 0 Å². The molecule has 1 atom stereocenters. The van der Waals surface area contributed by atoms with Gasteiger partial charge in [0.05, 0.1) is 32.6 Å². The van der Waals surface area contributed by atoms with Crippen molar-refractivity contribution in [2.75, 3.05) is 32.8 Å².